The van der Waals surface area contributed by atoms with Crippen molar-refractivity contribution >= 4 is 23.4 Å². The average Bonchev–Trinajstić information content (AvgIpc) is 2.83. The summed E-state index contributed by atoms with van der Waals surface area (Å²) >= 11 is 0. The highest BCUT2D eigenvalue weighted by atomic mass is 16.5. The number of benzene rings is 1. The summed E-state index contributed by atoms with van der Waals surface area (Å²) in [5, 5.41) is 2.72. The number of likely N-dealkylation sites (tertiary alicyclic amines) is 1. The zero-order valence-electron chi connectivity index (χ0n) is 16.4. The number of carbonyl (C=O) groups is 3. The van der Waals surface area contributed by atoms with Crippen molar-refractivity contribution in [3.63, 3.8) is 0 Å². The maximum Gasteiger partial charge on any atom is 0.244 e. The quantitative estimate of drug-likeness (QED) is 0.800. The summed E-state index contributed by atoms with van der Waals surface area (Å²) in [5.74, 6) is -0.156. The number of carbonyl (C=O) groups excluding carboxylic acids is 3. The molecule has 2 unspecified atom stereocenters. The number of anilines is 1. The molecule has 1 heterocycles. The van der Waals surface area contributed by atoms with Crippen LogP contribution in [0.5, 0.6) is 11.5 Å². The minimum Gasteiger partial charge on any atom is -0.497 e. The lowest BCUT2D eigenvalue weighted by Gasteiger charge is -2.47. The van der Waals surface area contributed by atoms with Gasteiger partial charge in [-0.2, -0.15) is 0 Å². The van der Waals surface area contributed by atoms with Crippen molar-refractivity contribution in [1.82, 2.24) is 4.90 Å². The van der Waals surface area contributed by atoms with Gasteiger partial charge in [0.1, 0.15) is 18.0 Å². The van der Waals surface area contributed by atoms with E-state index in [0.717, 1.165) is 4.90 Å². The van der Waals surface area contributed by atoms with E-state index in [9.17, 15) is 14.4 Å². The fourth-order valence-corrected chi connectivity index (χ4v) is 4.29. The van der Waals surface area contributed by atoms with Gasteiger partial charge in [-0.05, 0) is 30.4 Å². The number of imide groups is 1. The Kier molecular flexibility index (Phi) is 4.66. The van der Waals surface area contributed by atoms with Crippen LogP contribution in [0.1, 0.15) is 33.6 Å². The van der Waals surface area contributed by atoms with Crippen molar-refractivity contribution < 1.29 is 23.9 Å². The normalized spacial score (nSPS) is 26.1. The molecule has 0 radical (unpaired) electrons. The van der Waals surface area contributed by atoms with E-state index < -0.39 is 16.7 Å². The third-order valence-corrected chi connectivity index (χ3v) is 6.49. The van der Waals surface area contributed by atoms with Gasteiger partial charge in [0, 0.05) is 12.0 Å². The van der Waals surface area contributed by atoms with Gasteiger partial charge in [-0.15, -0.1) is 0 Å². The van der Waals surface area contributed by atoms with E-state index in [1.807, 2.05) is 20.8 Å². The molecule has 3 amide bonds. The molecule has 1 aromatic rings. The molecule has 1 aliphatic heterocycles. The van der Waals surface area contributed by atoms with Gasteiger partial charge < -0.3 is 14.8 Å². The lowest BCUT2D eigenvalue weighted by atomic mass is 9.62. The smallest absolute Gasteiger partial charge is 0.244 e. The number of methoxy groups -OCH3 is 2. The Balaban J connectivity index is 1.77. The van der Waals surface area contributed by atoms with E-state index >= 15 is 0 Å². The number of rotatable bonds is 5. The maximum absolute atomic E-state index is 13.0. The van der Waals surface area contributed by atoms with Gasteiger partial charge in [-0.3, -0.25) is 19.3 Å². The number of piperidine rings is 1. The standard InChI is InChI=1S/C20H26N2O5/c1-19(2)13-8-9-20(19,3)18(25)22(17(13)24)11-16(23)21-14-7-6-12(26-4)10-15(14)27-5/h6-7,10,13H,8-9,11H2,1-5H3,(H,21,23). The van der Waals surface area contributed by atoms with Gasteiger partial charge in [-0.1, -0.05) is 20.8 Å². The first kappa shape index (κ1) is 19.2. The largest absolute Gasteiger partial charge is 0.497 e. The fourth-order valence-electron chi connectivity index (χ4n) is 4.29. The second kappa shape index (κ2) is 6.55. The van der Waals surface area contributed by atoms with Crippen LogP contribution in [0.25, 0.3) is 0 Å². The Bertz CT molecular complexity index is 804. The summed E-state index contributed by atoms with van der Waals surface area (Å²) in [6.45, 7) is 5.55. The summed E-state index contributed by atoms with van der Waals surface area (Å²) < 4.78 is 10.4. The number of nitrogens with one attached hydrogen (secondary N) is 1. The first-order valence-corrected chi connectivity index (χ1v) is 9.03. The molecular weight excluding hydrogens is 348 g/mol. The lowest BCUT2D eigenvalue weighted by Crippen LogP contribution is -2.60. The van der Waals surface area contributed by atoms with Crippen molar-refractivity contribution in [2.24, 2.45) is 16.7 Å². The van der Waals surface area contributed by atoms with Crippen LogP contribution in [0.15, 0.2) is 18.2 Å². The van der Waals surface area contributed by atoms with Crippen LogP contribution in [0.4, 0.5) is 5.69 Å². The molecule has 2 atom stereocenters. The van der Waals surface area contributed by atoms with Gasteiger partial charge in [0.2, 0.25) is 17.7 Å². The van der Waals surface area contributed by atoms with Gasteiger partial charge in [0.25, 0.3) is 0 Å². The second-order valence-corrected chi connectivity index (χ2v) is 7.99. The van der Waals surface area contributed by atoms with Crippen molar-refractivity contribution in [3.8, 4) is 11.5 Å². The molecule has 1 aromatic carbocycles. The van der Waals surface area contributed by atoms with Crippen molar-refractivity contribution in [2.75, 3.05) is 26.1 Å². The van der Waals surface area contributed by atoms with Gasteiger partial charge >= 0.3 is 0 Å². The summed E-state index contributed by atoms with van der Waals surface area (Å²) in [6.07, 6.45) is 1.35. The summed E-state index contributed by atoms with van der Waals surface area (Å²) in [7, 11) is 3.03. The summed E-state index contributed by atoms with van der Waals surface area (Å²) in [6, 6.07) is 5.00. The van der Waals surface area contributed by atoms with E-state index in [0.29, 0.717) is 30.0 Å². The molecule has 27 heavy (non-hydrogen) atoms. The predicted molar refractivity (Wildman–Crippen MR) is 99.5 cm³/mol. The third kappa shape index (κ3) is 2.85. The Morgan fingerprint density at radius 1 is 1.22 bits per heavy atom. The topological polar surface area (TPSA) is 84.9 Å². The van der Waals surface area contributed by atoms with Crippen LogP contribution in [0.3, 0.4) is 0 Å². The Morgan fingerprint density at radius 3 is 2.56 bits per heavy atom. The number of hydrogen-bond acceptors (Lipinski definition) is 5. The van der Waals surface area contributed by atoms with Crippen LogP contribution in [-0.2, 0) is 14.4 Å². The molecule has 1 aliphatic carbocycles. The Morgan fingerprint density at radius 2 is 1.93 bits per heavy atom. The first-order chi connectivity index (χ1) is 12.7. The molecule has 0 spiro atoms. The number of fused-ring (bicyclic) bond motifs is 2. The van der Waals surface area contributed by atoms with E-state index in [1.54, 1.807) is 18.2 Å². The van der Waals surface area contributed by atoms with Gasteiger partial charge in [0.15, 0.2) is 0 Å². The fraction of sp³-hybridized carbons (Fsp3) is 0.550. The SMILES string of the molecule is COc1ccc(NC(=O)CN2C(=O)C3CCC(C)(C2=O)C3(C)C)c(OC)c1. The predicted octanol–water partition coefficient (Wildman–Crippen LogP) is 2.45. The average molecular weight is 374 g/mol. The van der Waals surface area contributed by atoms with Gasteiger partial charge in [0.05, 0.1) is 25.3 Å². The van der Waals surface area contributed by atoms with Crippen LogP contribution in [0.2, 0.25) is 0 Å². The molecule has 3 rings (SSSR count). The molecule has 2 bridgehead atoms. The first-order valence-electron chi connectivity index (χ1n) is 9.03. The zero-order valence-corrected chi connectivity index (χ0v) is 16.4. The number of nitrogens with zero attached hydrogens (tertiary/aromatic N) is 1. The highest BCUT2D eigenvalue weighted by Crippen LogP contribution is 2.59. The highest BCUT2D eigenvalue weighted by molar-refractivity contribution is 6.07. The van der Waals surface area contributed by atoms with Gasteiger partial charge in [-0.25, -0.2) is 0 Å². The van der Waals surface area contributed by atoms with Crippen molar-refractivity contribution in [1.29, 1.82) is 0 Å². The Labute approximate surface area is 159 Å². The number of amides is 3. The molecule has 1 N–H and O–H groups in total. The van der Waals surface area contributed by atoms with E-state index in [4.69, 9.17) is 9.47 Å². The molecule has 7 nitrogen and oxygen atoms in total. The van der Waals surface area contributed by atoms with E-state index in [2.05, 4.69) is 5.32 Å². The molecular formula is C20H26N2O5. The van der Waals surface area contributed by atoms with Crippen LogP contribution in [-0.4, -0.2) is 43.4 Å². The van der Waals surface area contributed by atoms with Crippen molar-refractivity contribution in [2.45, 2.75) is 33.6 Å². The van der Waals surface area contributed by atoms with E-state index in [-0.39, 0.29) is 24.3 Å². The highest BCUT2D eigenvalue weighted by Gasteiger charge is 2.64. The molecule has 1 saturated carbocycles. The number of ether oxygens (including phenoxy) is 2. The van der Waals surface area contributed by atoms with Crippen LogP contribution < -0.4 is 14.8 Å². The zero-order chi connectivity index (χ0) is 20.0. The summed E-state index contributed by atoms with van der Waals surface area (Å²) in [5.41, 5.74) is -0.563. The molecule has 146 valence electrons. The Hall–Kier alpha value is -2.57. The van der Waals surface area contributed by atoms with Crippen molar-refractivity contribution in [3.05, 3.63) is 18.2 Å². The van der Waals surface area contributed by atoms with Crippen LogP contribution >= 0.6 is 0 Å². The monoisotopic (exact) mass is 374 g/mol. The second-order valence-electron chi connectivity index (χ2n) is 7.99. The minimum absolute atomic E-state index is 0.233. The number of hydrogen-bond donors (Lipinski definition) is 1. The molecule has 2 fully saturated rings. The third-order valence-electron chi connectivity index (χ3n) is 6.49. The molecule has 7 heteroatoms. The molecule has 2 aliphatic rings. The lowest BCUT2D eigenvalue weighted by molar-refractivity contribution is -0.168. The van der Waals surface area contributed by atoms with E-state index in [1.165, 1.54) is 14.2 Å². The summed E-state index contributed by atoms with van der Waals surface area (Å²) in [4.78, 5) is 39.5. The minimum atomic E-state index is -0.621. The molecule has 0 aromatic heterocycles. The van der Waals surface area contributed by atoms with Crippen LogP contribution in [0, 0.1) is 16.7 Å². The molecule has 1 saturated heterocycles. The maximum atomic E-state index is 13.0.